The summed E-state index contributed by atoms with van der Waals surface area (Å²) in [5.41, 5.74) is 1.70. The van der Waals surface area contributed by atoms with Gasteiger partial charge in [0.25, 0.3) is 5.91 Å². The molecular weight excluding hydrogens is 308 g/mol. The molecule has 2 heterocycles. The molecule has 23 heavy (non-hydrogen) atoms. The Morgan fingerprint density at radius 2 is 1.91 bits per heavy atom. The topological polar surface area (TPSA) is 67.8 Å². The Bertz CT molecular complexity index is 819. The fraction of sp³-hybridized carbons (Fsp3) is 0.176. The third-order valence-corrected chi connectivity index (χ3v) is 4.67. The van der Waals surface area contributed by atoms with Crippen molar-refractivity contribution < 1.29 is 4.79 Å². The molecule has 1 saturated carbocycles. The third-order valence-electron chi connectivity index (χ3n) is 3.83. The zero-order chi connectivity index (χ0) is 15.6. The first kappa shape index (κ1) is 14.0. The Morgan fingerprint density at radius 3 is 2.70 bits per heavy atom. The molecule has 0 bridgehead atoms. The van der Waals surface area contributed by atoms with Crippen molar-refractivity contribution in [3.05, 3.63) is 65.4 Å². The number of rotatable bonds is 4. The predicted molar refractivity (Wildman–Crippen MR) is 88.2 cm³/mol. The predicted octanol–water partition coefficient (Wildman–Crippen LogP) is 2.89. The van der Waals surface area contributed by atoms with Gasteiger partial charge in [-0.3, -0.25) is 4.79 Å². The van der Waals surface area contributed by atoms with Crippen LogP contribution >= 0.6 is 11.3 Å². The van der Waals surface area contributed by atoms with E-state index < -0.39 is 0 Å². The summed E-state index contributed by atoms with van der Waals surface area (Å²) in [4.78, 5) is 25.0. The van der Waals surface area contributed by atoms with Gasteiger partial charge in [0, 0.05) is 29.7 Å². The Balaban J connectivity index is 1.42. The molecule has 0 radical (unpaired) electrons. The zero-order valence-electron chi connectivity index (χ0n) is 12.2. The van der Waals surface area contributed by atoms with Crippen molar-refractivity contribution in [1.82, 2.24) is 20.3 Å². The molecule has 2 atom stereocenters. The number of benzene rings is 1. The minimum atomic E-state index is -0.133. The van der Waals surface area contributed by atoms with Crippen LogP contribution in [0.2, 0.25) is 0 Å². The quantitative estimate of drug-likeness (QED) is 0.802. The molecule has 1 amide bonds. The van der Waals surface area contributed by atoms with Gasteiger partial charge < -0.3 is 5.32 Å². The smallest absolute Gasteiger partial charge is 0.271 e. The normalized spacial score (nSPS) is 19.3. The van der Waals surface area contributed by atoms with Crippen molar-refractivity contribution in [2.75, 3.05) is 0 Å². The van der Waals surface area contributed by atoms with Gasteiger partial charge >= 0.3 is 0 Å². The summed E-state index contributed by atoms with van der Waals surface area (Å²) in [6.07, 6.45) is 4.31. The van der Waals surface area contributed by atoms with E-state index in [9.17, 15) is 4.79 Å². The van der Waals surface area contributed by atoms with E-state index in [1.807, 2.05) is 18.2 Å². The van der Waals surface area contributed by atoms with E-state index in [2.05, 4.69) is 32.4 Å². The van der Waals surface area contributed by atoms with Crippen molar-refractivity contribution in [3.63, 3.8) is 0 Å². The summed E-state index contributed by atoms with van der Waals surface area (Å²) >= 11 is 1.38. The lowest BCUT2D eigenvalue weighted by Crippen LogP contribution is -2.26. The number of carbonyl (C=O) groups excluding carboxylic acids is 1. The maximum absolute atomic E-state index is 12.3. The van der Waals surface area contributed by atoms with Crippen LogP contribution in [0, 0.1) is 0 Å². The summed E-state index contributed by atoms with van der Waals surface area (Å²) in [6, 6.07) is 12.2. The molecular formula is C17H14N4OS. The molecule has 0 aliphatic heterocycles. The second-order valence-corrected chi connectivity index (χ2v) is 6.30. The summed E-state index contributed by atoms with van der Waals surface area (Å²) < 4.78 is 0. The van der Waals surface area contributed by atoms with Crippen LogP contribution in [0.5, 0.6) is 0 Å². The Labute approximate surface area is 137 Å². The summed E-state index contributed by atoms with van der Waals surface area (Å²) in [7, 11) is 0. The van der Waals surface area contributed by atoms with E-state index in [4.69, 9.17) is 0 Å². The van der Waals surface area contributed by atoms with Gasteiger partial charge in [-0.2, -0.15) is 0 Å². The van der Waals surface area contributed by atoms with Gasteiger partial charge in [0.1, 0.15) is 5.69 Å². The minimum Gasteiger partial charge on any atom is -0.347 e. The summed E-state index contributed by atoms with van der Waals surface area (Å²) in [5.74, 6) is 0.827. The van der Waals surface area contributed by atoms with Crippen LogP contribution in [0.15, 0.2) is 54.2 Å². The molecule has 0 unspecified atom stereocenters. The van der Waals surface area contributed by atoms with Crippen molar-refractivity contribution in [1.29, 1.82) is 0 Å². The number of nitrogens with one attached hydrogen (secondary N) is 1. The zero-order valence-corrected chi connectivity index (χ0v) is 13.0. The van der Waals surface area contributed by atoms with Crippen molar-refractivity contribution in [2.24, 2.45) is 0 Å². The van der Waals surface area contributed by atoms with E-state index >= 15 is 0 Å². The van der Waals surface area contributed by atoms with E-state index in [1.165, 1.54) is 16.9 Å². The van der Waals surface area contributed by atoms with Crippen LogP contribution in [-0.2, 0) is 0 Å². The van der Waals surface area contributed by atoms with Gasteiger partial charge in [-0.05, 0) is 18.1 Å². The van der Waals surface area contributed by atoms with Crippen molar-refractivity contribution in [3.8, 4) is 10.8 Å². The number of nitrogens with zero attached hydrogens (tertiary/aromatic N) is 3. The molecule has 1 fully saturated rings. The number of amides is 1. The molecule has 114 valence electrons. The van der Waals surface area contributed by atoms with E-state index in [1.54, 1.807) is 23.8 Å². The SMILES string of the molecule is O=C(N[C@H]1C[C@@H]1c1ccccc1)c1csc(-c2ncccn2)n1. The van der Waals surface area contributed by atoms with Crippen molar-refractivity contribution >= 4 is 17.2 Å². The molecule has 3 aromatic rings. The molecule has 1 aliphatic carbocycles. The molecule has 5 nitrogen and oxygen atoms in total. The first-order valence-corrected chi connectivity index (χ1v) is 8.28. The van der Waals surface area contributed by atoms with E-state index in [0.717, 1.165) is 6.42 Å². The number of hydrogen-bond donors (Lipinski definition) is 1. The maximum Gasteiger partial charge on any atom is 0.271 e. The second-order valence-electron chi connectivity index (χ2n) is 5.44. The van der Waals surface area contributed by atoms with Crippen molar-refractivity contribution in [2.45, 2.75) is 18.4 Å². The lowest BCUT2D eigenvalue weighted by atomic mass is 10.1. The van der Waals surface area contributed by atoms with Crippen LogP contribution in [-0.4, -0.2) is 26.9 Å². The van der Waals surface area contributed by atoms with Gasteiger partial charge in [-0.1, -0.05) is 30.3 Å². The van der Waals surface area contributed by atoms with E-state index in [0.29, 0.717) is 22.4 Å². The van der Waals surface area contributed by atoms with Gasteiger partial charge in [-0.15, -0.1) is 11.3 Å². The highest BCUT2D eigenvalue weighted by atomic mass is 32.1. The highest BCUT2D eigenvalue weighted by molar-refractivity contribution is 7.13. The third kappa shape index (κ3) is 2.98. The maximum atomic E-state index is 12.3. The van der Waals surface area contributed by atoms with Gasteiger partial charge in [0.2, 0.25) is 0 Å². The first-order chi connectivity index (χ1) is 11.3. The monoisotopic (exact) mass is 322 g/mol. The molecule has 0 spiro atoms. The number of carbonyl (C=O) groups is 1. The minimum absolute atomic E-state index is 0.133. The van der Waals surface area contributed by atoms with Crippen LogP contribution in [0.1, 0.15) is 28.4 Å². The van der Waals surface area contributed by atoms with Gasteiger partial charge in [-0.25, -0.2) is 15.0 Å². The van der Waals surface area contributed by atoms with Gasteiger partial charge in [0.15, 0.2) is 10.8 Å². The lowest BCUT2D eigenvalue weighted by Gasteiger charge is -2.02. The average Bonchev–Trinajstić information content (AvgIpc) is 3.19. The molecule has 0 saturated heterocycles. The van der Waals surface area contributed by atoms with Crippen LogP contribution in [0.3, 0.4) is 0 Å². The fourth-order valence-electron chi connectivity index (χ4n) is 2.56. The number of thiazole rings is 1. The fourth-order valence-corrected chi connectivity index (χ4v) is 3.30. The standard InChI is InChI=1S/C17H14N4OS/c22-16(20-13-9-12(13)11-5-2-1-3-6-11)14-10-23-17(21-14)15-18-7-4-8-19-15/h1-8,10,12-13H,9H2,(H,20,22)/t12-,13+/m1/s1. The molecule has 1 N–H and O–H groups in total. The first-order valence-electron chi connectivity index (χ1n) is 7.40. The Kier molecular flexibility index (Phi) is 3.59. The molecule has 1 aromatic carbocycles. The average molecular weight is 322 g/mol. The highest BCUT2D eigenvalue weighted by Crippen LogP contribution is 2.40. The number of aromatic nitrogens is 3. The molecule has 6 heteroatoms. The second kappa shape index (κ2) is 5.89. The van der Waals surface area contributed by atoms with Crippen LogP contribution in [0.4, 0.5) is 0 Å². The Hall–Kier alpha value is -2.60. The largest absolute Gasteiger partial charge is 0.347 e. The van der Waals surface area contributed by atoms with Crippen LogP contribution in [0.25, 0.3) is 10.8 Å². The Morgan fingerprint density at radius 1 is 1.13 bits per heavy atom. The van der Waals surface area contributed by atoms with E-state index in [-0.39, 0.29) is 11.9 Å². The van der Waals surface area contributed by atoms with Gasteiger partial charge in [0.05, 0.1) is 0 Å². The summed E-state index contributed by atoms with van der Waals surface area (Å²) in [5, 5.41) is 5.46. The highest BCUT2D eigenvalue weighted by Gasteiger charge is 2.39. The van der Waals surface area contributed by atoms with Crippen LogP contribution < -0.4 is 5.32 Å². The lowest BCUT2D eigenvalue weighted by molar-refractivity contribution is 0.0946. The molecule has 1 aliphatic rings. The molecule has 2 aromatic heterocycles. The number of hydrogen-bond acceptors (Lipinski definition) is 5. The molecule has 4 rings (SSSR count). The summed E-state index contributed by atoms with van der Waals surface area (Å²) in [6.45, 7) is 0.